The van der Waals surface area contributed by atoms with Gasteiger partial charge in [-0.1, -0.05) is 19.3 Å². The van der Waals surface area contributed by atoms with E-state index in [-0.39, 0.29) is 36.0 Å². The minimum absolute atomic E-state index is 0.0478. The van der Waals surface area contributed by atoms with Gasteiger partial charge in [-0.2, -0.15) is 0 Å². The highest BCUT2D eigenvalue weighted by Crippen LogP contribution is 2.43. The number of nitrogens with one attached hydrogen (secondary N) is 2. The lowest BCUT2D eigenvalue weighted by atomic mass is 9.95. The van der Waals surface area contributed by atoms with Crippen LogP contribution >= 0.6 is 11.3 Å². The first-order valence-corrected chi connectivity index (χ1v) is 9.89. The molecule has 0 aromatic carbocycles. The largest absolute Gasteiger partial charge is 0.335 e. The molecule has 1 aromatic rings. The molecule has 1 aromatic heterocycles. The summed E-state index contributed by atoms with van der Waals surface area (Å²) < 4.78 is 0. The Labute approximate surface area is 146 Å². The van der Waals surface area contributed by atoms with E-state index in [2.05, 4.69) is 15.6 Å². The summed E-state index contributed by atoms with van der Waals surface area (Å²) >= 11 is 1.41. The highest BCUT2D eigenvalue weighted by Gasteiger charge is 2.51. The summed E-state index contributed by atoms with van der Waals surface area (Å²) in [6.45, 7) is 0. The highest BCUT2D eigenvalue weighted by atomic mass is 32.1. The predicted molar refractivity (Wildman–Crippen MR) is 92.9 cm³/mol. The quantitative estimate of drug-likeness (QED) is 0.882. The average Bonchev–Trinajstić information content (AvgIpc) is 3.32. The molecule has 2 bridgehead atoms. The molecule has 2 heterocycles. The summed E-state index contributed by atoms with van der Waals surface area (Å²) in [5.41, 5.74) is 0. The molecule has 3 fully saturated rings. The Balaban J connectivity index is 1.45. The van der Waals surface area contributed by atoms with E-state index in [1.165, 1.54) is 30.6 Å². The summed E-state index contributed by atoms with van der Waals surface area (Å²) in [6, 6.07) is 0.0864. The molecular weight excluding hydrogens is 324 g/mol. The summed E-state index contributed by atoms with van der Waals surface area (Å²) in [7, 11) is 0. The van der Waals surface area contributed by atoms with Crippen LogP contribution in [0, 0.1) is 5.92 Å². The van der Waals surface area contributed by atoms with Crippen LogP contribution in [0.5, 0.6) is 0 Å². The first-order valence-electron chi connectivity index (χ1n) is 9.01. The number of urea groups is 1. The number of rotatable bonds is 3. The van der Waals surface area contributed by atoms with Crippen molar-refractivity contribution in [2.24, 2.45) is 5.92 Å². The number of likely N-dealkylation sites (tertiary alicyclic amines) is 1. The van der Waals surface area contributed by atoms with Crippen LogP contribution in [-0.4, -0.2) is 39.9 Å². The van der Waals surface area contributed by atoms with Gasteiger partial charge in [-0.3, -0.25) is 4.79 Å². The predicted octanol–water partition coefficient (Wildman–Crippen LogP) is 2.98. The van der Waals surface area contributed by atoms with Crippen molar-refractivity contribution < 1.29 is 9.59 Å². The lowest BCUT2D eigenvalue weighted by molar-refractivity contribution is -0.121. The smallest absolute Gasteiger partial charge is 0.318 e. The number of thiazole rings is 1. The second-order valence-electron chi connectivity index (χ2n) is 7.19. The van der Waals surface area contributed by atoms with Gasteiger partial charge in [0, 0.05) is 23.7 Å². The summed E-state index contributed by atoms with van der Waals surface area (Å²) in [5, 5.41) is 8.51. The molecule has 1 saturated heterocycles. The Morgan fingerprint density at radius 3 is 2.75 bits per heavy atom. The van der Waals surface area contributed by atoms with E-state index in [4.69, 9.17) is 0 Å². The van der Waals surface area contributed by atoms with Gasteiger partial charge in [0.1, 0.15) is 6.04 Å². The normalized spacial score (nSPS) is 29.7. The summed E-state index contributed by atoms with van der Waals surface area (Å²) in [6.07, 6.45) is 10.4. The van der Waals surface area contributed by atoms with E-state index < -0.39 is 0 Å². The number of hydrogen-bond acceptors (Lipinski definition) is 4. The summed E-state index contributed by atoms with van der Waals surface area (Å²) in [4.78, 5) is 31.5. The summed E-state index contributed by atoms with van der Waals surface area (Å²) in [5.74, 6) is 0.197. The Kier molecular flexibility index (Phi) is 4.43. The molecule has 0 unspecified atom stereocenters. The second-order valence-corrected chi connectivity index (χ2v) is 8.08. The van der Waals surface area contributed by atoms with E-state index in [0.717, 1.165) is 32.1 Å². The van der Waals surface area contributed by atoms with Gasteiger partial charge in [-0.15, -0.1) is 11.3 Å². The fourth-order valence-electron chi connectivity index (χ4n) is 4.58. The molecule has 24 heavy (non-hydrogen) atoms. The molecule has 3 amide bonds. The molecule has 2 saturated carbocycles. The van der Waals surface area contributed by atoms with E-state index in [1.54, 1.807) is 6.20 Å². The Morgan fingerprint density at radius 1 is 1.17 bits per heavy atom. The molecular formula is C17H24N4O2S. The number of aromatic nitrogens is 1. The van der Waals surface area contributed by atoms with Crippen LogP contribution < -0.4 is 10.6 Å². The van der Waals surface area contributed by atoms with E-state index >= 15 is 0 Å². The first kappa shape index (κ1) is 15.9. The Morgan fingerprint density at radius 2 is 2.00 bits per heavy atom. The van der Waals surface area contributed by atoms with Crippen molar-refractivity contribution in [2.75, 3.05) is 5.32 Å². The van der Waals surface area contributed by atoms with Gasteiger partial charge in [0.2, 0.25) is 5.91 Å². The molecule has 3 atom stereocenters. The van der Waals surface area contributed by atoms with Gasteiger partial charge in [0.25, 0.3) is 0 Å². The van der Waals surface area contributed by atoms with E-state index in [0.29, 0.717) is 5.13 Å². The number of piperidine rings is 1. The van der Waals surface area contributed by atoms with E-state index in [1.807, 2.05) is 10.3 Å². The van der Waals surface area contributed by atoms with Gasteiger partial charge < -0.3 is 15.5 Å². The third-order valence-electron chi connectivity index (χ3n) is 5.68. The molecule has 0 spiro atoms. The molecule has 130 valence electrons. The third kappa shape index (κ3) is 3.01. The lowest BCUT2D eigenvalue weighted by Gasteiger charge is -2.36. The first-order chi connectivity index (χ1) is 11.7. The van der Waals surface area contributed by atoms with Crippen molar-refractivity contribution in [3.8, 4) is 0 Å². The number of anilines is 1. The zero-order chi connectivity index (χ0) is 16.5. The maximum Gasteiger partial charge on any atom is 0.318 e. The number of amides is 3. The number of carbonyl (C=O) groups excluding carboxylic acids is 2. The van der Waals surface area contributed by atoms with Gasteiger partial charge in [-0.05, 0) is 38.0 Å². The van der Waals surface area contributed by atoms with Gasteiger partial charge >= 0.3 is 6.03 Å². The fourth-order valence-corrected chi connectivity index (χ4v) is 5.11. The van der Waals surface area contributed by atoms with Crippen LogP contribution in [-0.2, 0) is 4.79 Å². The van der Waals surface area contributed by atoms with Crippen molar-refractivity contribution in [2.45, 2.75) is 69.5 Å². The SMILES string of the molecule is O=C(Nc1nccs1)[C@@H]1[C@H]2CC[C@@H](C2)N1C(=O)NC1CCCCC1. The maximum atomic E-state index is 12.8. The number of hydrogen-bond donors (Lipinski definition) is 2. The van der Waals surface area contributed by atoms with Crippen LogP contribution in [0.15, 0.2) is 11.6 Å². The highest BCUT2D eigenvalue weighted by molar-refractivity contribution is 7.13. The van der Waals surface area contributed by atoms with Crippen molar-refractivity contribution in [3.63, 3.8) is 0 Å². The van der Waals surface area contributed by atoms with Gasteiger partial charge in [-0.25, -0.2) is 9.78 Å². The van der Waals surface area contributed by atoms with Crippen LogP contribution in [0.2, 0.25) is 0 Å². The second kappa shape index (κ2) is 6.70. The Bertz CT molecular complexity index is 600. The monoisotopic (exact) mass is 348 g/mol. The molecule has 1 aliphatic heterocycles. The molecule has 7 heteroatoms. The van der Waals surface area contributed by atoms with Crippen molar-refractivity contribution >= 4 is 28.4 Å². The lowest BCUT2D eigenvalue weighted by Crippen LogP contribution is -2.56. The topological polar surface area (TPSA) is 74.3 Å². The zero-order valence-electron chi connectivity index (χ0n) is 13.7. The zero-order valence-corrected chi connectivity index (χ0v) is 14.6. The van der Waals surface area contributed by atoms with Crippen LogP contribution in [0.4, 0.5) is 9.93 Å². The third-order valence-corrected chi connectivity index (χ3v) is 6.37. The van der Waals surface area contributed by atoms with Crippen LogP contribution in [0.3, 0.4) is 0 Å². The van der Waals surface area contributed by atoms with E-state index in [9.17, 15) is 9.59 Å². The van der Waals surface area contributed by atoms with Crippen molar-refractivity contribution in [1.29, 1.82) is 0 Å². The maximum absolute atomic E-state index is 12.8. The molecule has 0 radical (unpaired) electrons. The number of nitrogens with zero attached hydrogens (tertiary/aromatic N) is 2. The molecule has 4 rings (SSSR count). The van der Waals surface area contributed by atoms with Crippen LogP contribution in [0.25, 0.3) is 0 Å². The number of carbonyl (C=O) groups is 2. The fraction of sp³-hybridized carbons (Fsp3) is 0.706. The van der Waals surface area contributed by atoms with Crippen molar-refractivity contribution in [1.82, 2.24) is 15.2 Å². The standard InChI is InChI=1S/C17H24N4O2S/c22-15(20-16-18-8-9-24-16)14-11-6-7-13(10-11)21(14)17(23)19-12-4-2-1-3-5-12/h8-9,11-14H,1-7,10H2,(H,19,23)(H,18,20,22)/t11-,13-,14-/m0/s1. The Hall–Kier alpha value is -1.63. The average molecular weight is 348 g/mol. The minimum atomic E-state index is -0.351. The molecule has 3 aliphatic rings. The van der Waals surface area contributed by atoms with Gasteiger partial charge in [0.05, 0.1) is 0 Å². The molecule has 2 N–H and O–H groups in total. The number of fused-ring (bicyclic) bond motifs is 2. The molecule has 2 aliphatic carbocycles. The van der Waals surface area contributed by atoms with Crippen LogP contribution in [0.1, 0.15) is 51.4 Å². The minimum Gasteiger partial charge on any atom is -0.335 e. The molecule has 6 nitrogen and oxygen atoms in total. The van der Waals surface area contributed by atoms with Crippen molar-refractivity contribution in [3.05, 3.63) is 11.6 Å². The van der Waals surface area contributed by atoms with Gasteiger partial charge in [0.15, 0.2) is 5.13 Å².